The highest BCUT2D eigenvalue weighted by Crippen LogP contribution is 2.40. The van der Waals surface area contributed by atoms with Crippen LogP contribution in [-0.4, -0.2) is 34.2 Å². The summed E-state index contributed by atoms with van der Waals surface area (Å²) in [6.07, 6.45) is 0. The summed E-state index contributed by atoms with van der Waals surface area (Å²) in [5.41, 5.74) is 6.26. The van der Waals surface area contributed by atoms with Gasteiger partial charge in [0.1, 0.15) is 22.8 Å². The maximum absolute atomic E-state index is 5.91. The van der Waals surface area contributed by atoms with E-state index in [0.29, 0.717) is 45.9 Å². The minimum atomic E-state index is 0.385. The average molecular weight is 523 g/mol. The number of hydrogen-bond donors (Lipinski definition) is 0. The smallest absolute Gasteiger partial charge is 0.199 e. The van der Waals surface area contributed by atoms with Crippen LogP contribution in [0.15, 0.2) is 121 Å². The molecule has 0 spiro atoms. The molecule has 0 aliphatic carbocycles. The van der Waals surface area contributed by atoms with Crippen LogP contribution in [0.5, 0.6) is 11.5 Å². The van der Waals surface area contributed by atoms with E-state index in [-0.39, 0.29) is 0 Å². The molecule has 0 saturated carbocycles. The van der Waals surface area contributed by atoms with Gasteiger partial charge in [0.05, 0.1) is 14.2 Å². The van der Waals surface area contributed by atoms with Crippen LogP contribution in [0.2, 0.25) is 0 Å². The number of nitrogens with zero attached hydrogens (tertiary/aromatic N) is 4. The molecule has 194 valence electrons. The van der Waals surface area contributed by atoms with Crippen molar-refractivity contribution in [2.75, 3.05) is 14.2 Å². The largest absolute Gasteiger partial charge is 0.492 e. The highest BCUT2D eigenvalue weighted by atomic mass is 16.5. The fourth-order valence-corrected chi connectivity index (χ4v) is 4.65. The quantitative estimate of drug-likeness (QED) is 0.215. The zero-order valence-corrected chi connectivity index (χ0v) is 22.2. The van der Waals surface area contributed by atoms with E-state index in [1.807, 2.05) is 121 Å². The number of methoxy groups -OCH3 is 2. The van der Waals surface area contributed by atoms with Gasteiger partial charge in [-0.15, -0.1) is 0 Å². The molecule has 0 radical (unpaired) electrons. The van der Waals surface area contributed by atoms with Gasteiger partial charge in [0.15, 0.2) is 23.1 Å². The van der Waals surface area contributed by atoms with Crippen LogP contribution < -0.4 is 9.47 Å². The maximum atomic E-state index is 5.91. The Bertz CT molecular complexity index is 1490. The van der Waals surface area contributed by atoms with Crippen LogP contribution in [0.4, 0.5) is 0 Å². The number of rotatable bonds is 7. The normalized spacial score (nSPS) is 10.8. The van der Waals surface area contributed by atoms with E-state index in [1.54, 1.807) is 14.2 Å². The van der Waals surface area contributed by atoms with Gasteiger partial charge in [-0.05, 0) is 0 Å². The Morgan fingerprint density at radius 3 is 0.775 bits per heavy atom. The van der Waals surface area contributed by atoms with Crippen molar-refractivity contribution in [2.24, 2.45) is 0 Å². The van der Waals surface area contributed by atoms with E-state index < -0.39 is 0 Å². The fourth-order valence-electron chi connectivity index (χ4n) is 4.65. The predicted molar refractivity (Wildman–Crippen MR) is 158 cm³/mol. The Kier molecular flexibility index (Phi) is 6.97. The van der Waals surface area contributed by atoms with Crippen molar-refractivity contribution in [2.45, 2.75) is 0 Å². The second-order valence-electron chi connectivity index (χ2n) is 9.02. The van der Waals surface area contributed by atoms with Crippen LogP contribution in [-0.2, 0) is 0 Å². The molecule has 6 aromatic rings. The summed E-state index contributed by atoms with van der Waals surface area (Å²) < 4.78 is 11.8. The van der Waals surface area contributed by atoms with Gasteiger partial charge >= 0.3 is 0 Å². The first-order valence-corrected chi connectivity index (χ1v) is 12.9. The molecule has 40 heavy (non-hydrogen) atoms. The SMILES string of the molecule is COc1c(-c2ccccc2)nc(-c2nc(-c3ccccc3)c(OC)c(-c3ccccc3)n2)nc1-c1ccccc1. The van der Waals surface area contributed by atoms with Crippen LogP contribution in [0, 0.1) is 0 Å². The molecule has 0 bridgehead atoms. The van der Waals surface area contributed by atoms with Gasteiger partial charge in [0.2, 0.25) is 0 Å². The summed E-state index contributed by atoms with van der Waals surface area (Å²) >= 11 is 0. The Morgan fingerprint density at radius 1 is 0.350 bits per heavy atom. The second-order valence-corrected chi connectivity index (χ2v) is 9.02. The zero-order chi connectivity index (χ0) is 27.3. The van der Waals surface area contributed by atoms with Crippen molar-refractivity contribution in [3.05, 3.63) is 121 Å². The monoisotopic (exact) mass is 522 g/mol. The van der Waals surface area contributed by atoms with E-state index in [2.05, 4.69) is 0 Å². The number of hydrogen-bond acceptors (Lipinski definition) is 6. The second kappa shape index (κ2) is 11.2. The van der Waals surface area contributed by atoms with Crippen LogP contribution in [0.1, 0.15) is 0 Å². The first-order valence-electron chi connectivity index (χ1n) is 12.9. The molecule has 6 nitrogen and oxygen atoms in total. The molecule has 0 N–H and O–H groups in total. The molecule has 0 amide bonds. The third kappa shape index (κ3) is 4.78. The van der Waals surface area contributed by atoms with E-state index in [9.17, 15) is 0 Å². The van der Waals surface area contributed by atoms with Crippen LogP contribution >= 0.6 is 0 Å². The molecule has 6 rings (SSSR count). The van der Waals surface area contributed by atoms with E-state index >= 15 is 0 Å². The molecule has 0 saturated heterocycles. The molecule has 0 unspecified atom stereocenters. The summed E-state index contributed by atoms with van der Waals surface area (Å²) in [5.74, 6) is 1.94. The minimum absolute atomic E-state index is 0.385. The minimum Gasteiger partial charge on any atom is -0.492 e. The maximum Gasteiger partial charge on any atom is 0.199 e. The highest BCUT2D eigenvalue weighted by molar-refractivity contribution is 5.82. The van der Waals surface area contributed by atoms with Gasteiger partial charge in [0.25, 0.3) is 0 Å². The lowest BCUT2D eigenvalue weighted by Gasteiger charge is -2.17. The molecule has 0 atom stereocenters. The van der Waals surface area contributed by atoms with Crippen LogP contribution in [0.3, 0.4) is 0 Å². The van der Waals surface area contributed by atoms with Crippen molar-refractivity contribution < 1.29 is 9.47 Å². The summed E-state index contributed by atoms with van der Waals surface area (Å²) in [5, 5.41) is 0. The molecule has 2 aromatic heterocycles. The molecule has 6 heteroatoms. The Labute approximate surface area is 233 Å². The Morgan fingerprint density at radius 2 is 0.575 bits per heavy atom. The molecular formula is C34H26N4O2. The zero-order valence-electron chi connectivity index (χ0n) is 22.2. The van der Waals surface area contributed by atoms with E-state index in [4.69, 9.17) is 29.4 Å². The first-order chi connectivity index (χ1) is 19.8. The van der Waals surface area contributed by atoms with Crippen molar-refractivity contribution in [1.82, 2.24) is 19.9 Å². The van der Waals surface area contributed by atoms with E-state index in [1.165, 1.54) is 0 Å². The van der Waals surface area contributed by atoms with Crippen molar-refractivity contribution in [3.8, 4) is 68.2 Å². The lowest BCUT2D eigenvalue weighted by atomic mass is 10.0. The topological polar surface area (TPSA) is 70.0 Å². The van der Waals surface area contributed by atoms with Gasteiger partial charge in [0, 0.05) is 22.3 Å². The first kappa shape index (κ1) is 24.9. The van der Waals surface area contributed by atoms with Gasteiger partial charge in [-0.3, -0.25) is 0 Å². The van der Waals surface area contributed by atoms with E-state index in [0.717, 1.165) is 22.3 Å². The fraction of sp³-hybridized carbons (Fsp3) is 0.0588. The van der Waals surface area contributed by atoms with Crippen molar-refractivity contribution in [1.29, 1.82) is 0 Å². The third-order valence-corrected chi connectivity index (χ3v) is 6.53. The molecular weight excluding hydrogens is 496 g/mol. The summed E-state index contributed by atoms with van der Waals surface area (Å²) in [6, 6.07) is 39.7. The third-order valence-electron chi connectivity index (χ3n) is 6.53. The van der Waals surface area contributed by atoms with Gasteiger partial charge < -0.3 is 9.47 Å². The van der Waals surface area contributed by atoms with Crippen LogP contribution in [0.25, 0.3) is 56.7 Å². The molecule has 0 aliphatic heterocycles. The van der Waals surface area contributed by atoms with Gasteiger partial charge in [-0.1, -0.05) is 121 Å². The Balaban J connectivity index is 1.67. The van der Waals surface area contributed by atoms with Crippen molar-refractivity contribution >= 4 is 0 Å². The summed E-state index contributed by atoms with van der Waals surface area (Å²) in [6.45, 7) is 0. The molecule has 0 aliphatic rings. The average Bonchev–Trinajstić information content (AvgIpc) is 3.05. The number of benzene rings is 4. The number of ether oxygens (including phenoxy) is 2. The predicted octanol–water partition coefficient (Wildman–Crippen LogP) is 7.62. The standard InChI is InChI=1S/C34H26N4O2/c1-39-31-27(23-15-7-3-8-16-23)35-33(36-28(31)24-17-9-4-10-18-24)34-37-29(25-19-11-5-12-20-25)32(40-2)30(38-34)26-21-13-6-14-22-26/h3-22H,1-2H3. The lowest BCUT2D eigenvalue weighted by Crippen LogP contribution is -2.06. The van der Waals surface area contributed by atoms with Gasteiger partial charge in [-0.2, -0.15) is 0 Å². The van der Waals surface area contributed by atoms with Gasteiger partial charge in [-0.25, -0.2) is 19.9 Å². The lowest BCUT2D eigenvalue weighted by molar-refractivity contribution is 0.414. The summed E-state index contributed by atoms with van der Waals surface area (Å²) in [7, 11) is 3.28. The molecule has 2 heterocycles. The highest BCUT2D eigenvalue weighted by Gasteiger charge is 2.24. The van der Waals surface area contributed by atoms with Crippen molar-refractivity contribution in [3.63, 3.8) is 0 Å². The number of aromatic nitrogens is 4. The summed E-state index contributed by atoms with van der Waals surface area (Å²) in [4.78, 5) is 20.0. The Hall–Kier alpha value is -5.36. The molecule has 4 aromatic carbocycles. The molecule has 0 fully saturated rings.